The van der Waals surface area contributed by atoms with Crippen LogP contribution in [0.2, 0.25) is 0 Å². The highest BCUT2D eigenvalue weighted by atomic mass is 16.2. The van der Waals surface area contributed by atoms with Gasteiger partial charge in [0, 0.05) is 25.7 Å². The lowest BCUT2D eigenvalue weighted by molar-refractivity contribution is -0.120. The van der Waals surface area contributed by atoms with Crippen molar-refractivity contribution in [3.63, 3.8) is 0 Å². The topological polar surface area (TPSA) is 70.2 Å². The average molecular weight is 261 g/mol. The molecular weight excluding hydrogens is 242 g/mol. The Hall–Kier alpha value is -2.14. The first-order valence-corrected chi connectivity index (χ1v) is 6.06. The lowest BCUT2D eigenvalue weighted by Crippen LogP contribution is -2.33. The molecule has 5 nitrogen and oxygen atoms in total. The molecule has 1 aromatic carbocycles. The van der Waals surface area contributed by atoms with E-state index in [1.165, 1.54) is 6.92 Å². The molecule has 5 heteroatoms. The first-order chi connectivity index (χ1) is 9.11. The van der Waals surface area contributed by atoms with Crippen LogP contribution >= 0.6 is 0 Å². The molecule has 1 rings (SSSR count). The van der Waals surface area contributed by atoms with Crippen LogP contribution < -0.4 is 16.0 Å². The van der Waals surface area contributed by atoms with Gasteiger partial charge < -0.3 is 16.0 Å². The second-order valence-corrected chi connectivity index (χ2v) is 4.07. The molecule has 2 amide bonds. The van der Waals surface area contributed by atoms with E-state index in [9.17, 15) is 9.59 Å². The molecule has 0 spiro atoms. The standard InChI is InChI=1S/C14H19N3O2/c1-3-8-15-10-14(19)16-9-12-4-6-13(7-5-12)17-11(2)18/h3-7,15H,1,8-10H2,2H3,(H,16,19)(H,17,18). The van der Waals surface area contributed by atoms with Crippen molar-refractivity contribution < 1.29 is 9.59 Å². The molecule has 1 aromatic rings. The maximum atomic E-state index is 11.4. The molecule has 0 aliphatic heterocycles. The number of hydrogen-bond acceptors (Lipinski definition) is 3. The summed E-state index contributed by atoms with van der Waals surface area (Å²) in [5, 5.41) is 8.40. The maximum Gasteiger partial charge on any atom is 0.234 e. The Labute approximate surface area is 113 Å². The van der Waals surface area contributed by atoms with E-state index in [0.29, 0.717) is 13.1 Å². The largest absolute Gasteiger partial charge is 0.351 e. The van der Waals surface area contributed by atoms with E-state index in [2.05, 4.69) is 22.5 Å². The van der Waals surface area contributed by atoms with Crippen molar-refractivity contribution in [2.75, 3.05) is 18.4 Å². The van der Waals surface area contributed by atoms with Crippen molar-refractivity contribution in [2.45, 2.75) is 13.5 Å². The zero-order chi connectivity index (χ0) is 14.1. The van der Waals surface area contributed by atoms with Crippen molar-refractivity contribution in [1.82, 2.24) is 10.6 Å². The van der Waals surface area contributed by atoms with Gasteiger partial charge in [-0.1, -0.05) is 18.2 Å². The first-order valence-electron chi connectivity index (χ1n) is 6.06. The summed E-state index contributed by atoms with van der Waals surface area (Å²) < 4.78 is 0. The molecule has 0 fully saturated rings. The number of carbonyl (C=O) groups excluding carboxylic acids is 2. The van der Waals surface area contributed by atoms with Crippen LogP contribution in [0.25, 0.3) is 0 Å². The molecular formula is C14H19N3O2. The van der Waals surface area contributed by atoms with Crippen molar-refractivity contribution in [1.29, 1.82) is 0 Å². The van der Waals surface area contributed by atoms with Crippen LogP contribution in [-0.2, 0) is 16.1 Å². The number of amides is 2. The molecule has 0 heterocycles. The van der Waals surface area contributed by atoms with Crippen molar-refractivity contribution in [3.8, 4) is 0 Å². The summed E-state index contributed by atoms with van der Waals surface area (Å²) in [5.41, 5.74) is 1.72. The fourth-order valence-corrected chi connectivity index (χ4v) is 1.46. The van der Waals surface area contributed by atoms with Gasteiger partial charge in [0.1, 0.15) is 0 Å². The Morgan fingerprint density at radius 2 is 1.95 bits per heavy atom. The Kier molecular flexibility index (Phi) is 6.32. The van der Waals surface area contributed by atoms with E-state index in [1.807, 2.05) is 12.1 Å². The Morgan fingerprint density at radius 3 is 2.53 bits per heavy atom. The molecule has 0 aliphatic carbocycles. The highest BCUT2D eigenvalue weighted by molar-refractivity contribution is 5.88. The van der Waals surface area contributed by atoms with Crippen LogP contribution in [0.15, 0.2) is 36.9 Å². The van der Waals surface area contributed by atoms with Crippen LogP contribution in [0.4, 0.5) is 5.69 Å². The van der Waals surface area contributed by atoms with Crippen LogP contribution in [-0.4, -0.2) is 24.9 Å². The van der Waals surface area contributed by atoms with Gasteiger partial charge in [-0.05, 0) is 17.7 Å². The van der Waals surface area contributed by atoms with Crippen LogP contribution in [0.1, 0.15) is 12.5 Å². The fraction of sp³-hybridized carbons (Fsp3) is 0.286. The third-order valence-electron chi connectivity index (χ3n) is 2.34. The molecule has 102 valence electrons. The summed E-state index contributed by atoms with van der Waals surface area (Å²) in [7, 11) is 0. The molecule has 19 heavy (non-hydrogen) atoms. The molecule has 0 saturated carbocycles. The van der Waals surface area contributed by atoms with Gasteiger partial charge in [0.15, 0.2) is 0 Å². The SMILES string of the molecule is C=CCNCC(=O)NCc1ccc(NC(C)=O)cc1. The number of nitrogens with one attached hydrogen (secondary N) is 3. The summed E-state index contributed by atoms with van der Waals surface area (Å²) >= 11 is 0. The van der Waals surface area contributed by atoms with Gasteiger partial charge in [0.05, 0.1) is 6.54 Å². The van der Waals surface area contributed by atoms with E-state index in [1.54, 1.807) is 18.2 Å². The summed E-state index contributed by atoms with van der Waals surface area (Å²) in [6.07, 6.45) is 1.70. The van der Waals surface area contributed by atoms with Gasteiger partial charge in [-0.15, -0.1) is 6.58 Å². The monoisotopic (exact) mass is 261 g/mol. The lowest BCUT2D eigenvalue weighted by atomic mass is 10.2. The fourth-order valence-electron chi connectivity index (χ4n) is 1.46. The van der Waals surface area contributed by atoms with Crippen LogP contribution in [0.5, 0.6) is 0 Å². The summed E-state index contributed by atoms with van der Waals surface area (Å²) in [6, 6.07) is 7.34. The molecule has 0 unspecified atom stereocenters. The van der Waals surface area contributed by atoms with Gasteiger partial charge in [-0.2, -0.15) is 0 Å². The molecule has 0 aliphatic rings. The second kappa shape index (κ2) is 8.05. The lowest BCUT2D eigenvalue weighted by Gasteiger charge is -2.07. The van der Waals surface area contributed by atoms with Crippen molar-refractivity contribution >= 4 is 17.5 Å². The van der Waals surface area contributed by atoms with E-state index in [-0.39, 0.29) is 18.4 Å². The average Bonchev–Trinajstić information content (AvgIpc) is 2.37. The Balaban J connectivity index is 2.35. The predicted octanol–water partition coefficient (Wildman–Crippen LogP) is 1.04. The number of carbonyl (C=O) groups is 2. The second-order valence-electron chi connectivity index (χ2n) is 4.07. The quantitative estimate of drug-likeness (QED) is 0.507. The summed E-state index contributed by atoms with van der Waals surface area (Å²) in [6.45, 7) is 6.37. The summed E-state index contributed by atoms with van der Waals surface area (Å²) in [4.78, 5) is 22.3. The van der Waals surface area contributed by atoms with Crippen LogP contribution in [0, 0.1) is 0 Å². The van der Waals surface area contributed by atoms with Crippen molar-refractivity contribution in [2.24, 2.45) is 0 Å². The van der Waals surface area contributed by atoms with Gasteiger partial charge >= 0.3 is 0 Å². The van der Waals surface area contributed by atoms with E-state index >= 15 is 0 Å². The van der Waals surface area contributed by atoms with Crippen LogP contribution in [0.3, 0.4) is 0 Å². The smallest absolute Gasteiger partial charge is 0.234 e. The molecule has 3 N–H and O–H groups in total. The van der Waals surface area contributed by atoms with Gasteiger partial charge in [-0.25, -0.2) is 0 Å². The predicted molar refractivity (Wildman–Crippen MR) is 75.7 cm³/mol. The minimum Gasteiger partial charge on any atom is -0.351 e. The van der Waals surface area contributed by atoms with E-state index in [4.69, 9.17) is 0 Å². The van der Waals surface area contributed by atoms with E-state index in [0.717, 1.165) is 11.3 Å². The normalized spacial score (nSPS) is 9.74. The minimum absolute atomic E-state index is 0.0622. The molecule has 0 radical (unpaired) electrons. The molecule has 0 saturated heterocycles. The highest BCUT2D eigenvalue weighted by Crippen LogP contribution is 2.09. The molecule has 0 bridgehead atoms. The Morgan fingerprint density at radius 1 is 1.26 bits per heavy atom. The van der Waals surface area contributed by atoms with E-state index < -0.39 is 0 Å². The first kappa shape index (κ1) is 14.9. The number of anilines is 1. The molecule has 0 aromatic heterocycles. The minimum atomic E-state index is -0.102. The number of rotatable bonds is 7. The maximum absolute atomic E-state index is 11.4. The highest BCUT2D eigenvalue weighted by Gasteiger charge is 2.00. The zero-order valence-corrected chi connectivity index (χ0v) is 11.0. The van der Waals surface area contributed by atoms with Gasteiger partial charge in [-0.3, -0.25) is 9.59 Å². The van der Waals surface area contributed by atoms with Gasteiger partial charge in [0.25, 0.3) is 0 Å². The Bertz CT molecular complexity index is 441. The third kappa shape index (κ3) is 6.38. The number of hydrogen-bond donors (Lipinski definition) is 3. The summed E-state index contributed by atoms with van der Waals surface area (Å²) in [5.74, 6) is -0.165. The molecule has 0 atom stereocenters. The number of benzene rings is 1. The zero-order valence-electron chi connectivity index (χ0n) is 11.0. The van der Waals surface area contributed by atoms with Crippen molar-refractivity contribution in [3.05, 3.63) is 42.5 Å². The van der Waals surface area contributed by atoms with Gasteiger partial charge in [0.2, 0.25) is 11.8 Å². The third-order valence-corrected chi connectivity index (χ3v) is 2.34.